The van der Waals surface area contributed by atoms with E-state index < -0.39 is 0 Å². The number of carbonyl (C=O) groups is 1. The monoisotopic (exact) mass is 374 g/mol. The topological polar surface area (TPSA) is 66.9 Å². The number of hydrogen-bond acceptors (Lipinski definition) is 4. The van der Waals surface area contributed by atoms with Gasteiger partial charge in [0.1, 0.15) is 5.69 Å². The molecule has 144 valence electrons. The first-order chi connectivity index (χ1) is 13.3. The SMILES string of the molecule is Cc1ccccc1CNc1nccc(C(=O)Nc2ccccc2C(C)(C)C)n1. The van der Waals surface area contributed by atoms with Crippen LogP contribution in [0.2, 0.25) is 0 Å². The molecule has 28 heavy (non-hydrogen) atoms. The summed E-state index contributed by atoms with van der Waals surface area (Å²) in [6.07, 6.45) is 1.60. The van der Waals surface area contributed by atoms with Crippen LogP contribution in [0, 0.1) is 6.92 Å². The van der Waals surface area contributed by atoms with Gasteiger partial charge in [-0.3, -0.25) is 4.79 Å². The molecule has 5 nitrogen and oxygen atoms in total. The fourth-order valence-corrected chi connectivity index (χ4v) is 2.99. The van der Waals surface area contributed by atoms with Crippen molar-refractivity contribution in [1.82, 2.24) is 9.97 Å². The van der Waals surface area contributed by atoms with E-state index in [2.05, 4.69) is 60.4 Å². The van der Waals surface area contributed by atoms with Crippen molar-refractivity contribution in [3.63, 3.8) is 0 Å². The number of aromatic nitrogens is 2. The van der Waals surface area contributed by atoms with E-state index in [9.17, 15) is 4.79 Å². The Kier molecular flexibility index (Phi) is 5.73. The van der Waals surface area contributed by atoms with Crippen LogP contribution < -0.4 is 10.6 Å². The lowest BCUT2D eigenvalue weighted by Gasteiger charge is -2.22. The van der Waals surface area contributed by atoms with Gasteiger partial charge in [-0.25, -0.2) is 9.97 Å². The van der Waals surface area contributed by atoms with Gasteiger partial charge in [0, 0.05) is 18.4 Å². The molecule has 0 atom stereocenters. The van der Waals surface area contributed by atoms with Crippen molar-refractivity contribution in [3.8, 4) is 0 Å². The summed E-state index contributed by atoms with van der Waals surface area (Å²) in [5.41, 5.74) is 4.49. The first-order valence-corrected chi connectivity index (χ1v) is 9.37. The minimum Gasteiger partial charge on any atom is -0.350 e. The average Bonchev–Trinajstić information content (AvgIpc) is 2.67. The number of benzene rings is 2. The smallest absolute Gasteiger partial charge is 0.274 e. The summed E-state index contributed by atoms with van der Waals surface area (Å²) in [7, 11) is 0. The second-order valence-corrected chi connectivity index (χ2v) is 7.80. The molecule has 5 heteroatoms. The Balaban J connectivity index is 1.74. The van der Waals surface area contributed by atoms with E-state index in [1.165, 1.54) is 11.1 Å². The molecule has 0 spiro atoms. The second kappa shape index (κ2) is 8.21. The van der Waals surface area contributed by atoms with Crippen LogP contribution in [0.25, 0.3) is 0 Å². The number of rotatable bonds is 5. The lowest BCUT2D eigenvalue weighted by molar-refractivity contribution is 0.102. The van der Waals surface area contributed by atoms with E-state index in [1.807, 2.05) is 36.4 Å². The van der Waals surface area contributed by atoms with Gasteiger partial charge >= 0.3 is 0 Å². The summed E-state index contributed by atoms with van der Waals surface area (Å²) < 4.78 is 0. The molecule has 3 rings (SSSR count). The minimum absolute atomic E-state index is 0.0736. The first-order valence-electron chi connectivity index (χ1n) is 9.37. The zero-order valence-corrected chi connectivity index (χ0v) is 16.8. The van der Waals surface area contributed by atoms with E-state index in [1.54, 1.807) is 12.3 Å². The van der Waals surface area contributed by atoms with Crippen LogP contribution in [0.1, 0.15) is 48.0 Å². The standard InChI is InChI=1S/C23H26N4O/c1-16-9-5-6-10-17(16)15-25-22-24-14-13-20(27-22)21(28)26-19-12-8-7-11-18(19)23(2,3)4/h5-14H,15H2,1-4H3,(H,26,28)(H,24,25,27). The predicted octanol–water partition coefficient (Wildman–Crippen LogP) is 4.95. The molecule has 2 aromatic carbocycles. The molecule has 1 amide bonds. The Hall–Kier alpha value is -3.21. The van der Waals surface area contributed by atoms with Crippen molar-refractivity contribution >= 4 is 17.5 Å². The van der Waals surface area contributed by atoms with Gasteiger partial charge in [0.05, 0.1) is 0 Å². The molecular weight excluding hydrogens is 348 g/mol. The number of para-hydroxylation sites is 1. The third-order valence-electron chi connectivity index (χ3n) is 4.57. The molecule has 2 N–H and O–H groups in total. The molecule has 0 saturated carbocycles. The van der Waals surface area contributed by atoms with Crippen LogP contribution in [0.4, 0.5) is 11.6 Å². The number of hydrogen-bond donors (Lipinski definition) is 2. The van der Waals surface area contributed by atoms with Crippen LogP contribution in [-0.2, 0) is 12.0 Å². The zero-order valence-electron chi connectivity index (χ0n) is 16.8. The van der Waals surface area contributed by atoms with Gasteiger partial charge in [0.2, 0.25) is 5.95 Å². The summed E-state index contributed by atoms with van der Waals surface area (Å²) in [6, 6.07) is 17.6. The number of anilines is 2. The van der Waals surface area contributed by atoms with Crippen molar-refractivity contribution in [2.75, 3.05) is 10.6 Å². The molecule has 1 heterocycles. The number of aryl methyl sites for hydroxylation is 1. The molecule has 0 unspecified atom stereocenters. The van der Waals surface area contributed by atoms with E-state index in [4.69, 9.17) is 0 Å². The van der Waals surface area contributed by atoms with Gasteiger partial charge in [-0.2, -0.15) is 0 Å². The van der Waals surface area contributed by atoms with Gasteiger partial charge in [-0.1, -0.05) is 63.2 Å². The Morgan fingerprint density at radius 3 is 2.46 bits per heavy atom. The van der Waals surface area contributed by atoms with Gasteiger partial charge < -0.3 is 10.6 Å². The first kappa shape index (κ1) is 19.5. The molecule has 1 aromatic heterocycles. The van der Waals surface area contributed by atoms with E-state index in [0.29, 0.717) is 18.2 Å². The van der Waals surface area contributed by atoms with Crippen molar-refractivity contribution in [2.45, 2.75) is 39.7 Å². The summed E-state index contributed by atoms with van der Waals surface area (Å²) in [6.45, 7) is 9.03. The number of amides is 1. The van der Waals surface area contributed by atoms with E-state index >= 15 is 0 Å². The zero-order chi connectivity index (χ0) is 20.1. The highest BCUT2D eigenvalue weighted by Crippen LogP contribution is 2.29. The van der Waals surface area contributed by atoms with Gasteiger partial charge in [-0.15, -0.1) is 0 Å². The Morgan fingerprint density at radius 1 is 1.00 bits per heavy atom. The molecule has 0 aliphatic rings. The van der Waals surface area contributed by atoms with Gasteiger partial charge in [0.15, 0.2) is 0 Å². The molecule has 0 radical (unpaired) electrons. The average molecular weight is 374 g/mol. The third kappa shape index (κ3) is 4.74. The van der Waals surface area contributed by atoms with Crippen molar-refractivity contribution in [2.24, 2.45) is 0 Å². The molecule has 3 aromatic rings. The fraction of sp³-hybridized carbons (Fsp3) is 0.261. The lowest BCUT2D eigenvalue weighted by Crippen LogP contribution is -2.20. The quantitative estimate of drug-likeness (QED) is 0.663. The molecule has 0 aliphatic carbocycles. The van der Waals surface area contributed by atoms with Crippen LogP contribution in [0.15, 0.2) is 60.8 Å². The summed E-state index contributed by atoms with van der Waals surface area (Å²) >= 11 is 0. The molecule has 0 bridgehead atoms. The maximum Gasteiger partial charge on any atom is 0.274 e. The van der Waals surface area contributed by atoms with Gasteiger partial charge in [-0.05, 0) is 41.2 Å². The highest BCUT2D eigenvalue weighted by atomic mass is 16.1. The van der Waals surface area contributed by atoms with Crippen LogP contribution in [0.3, 0.4) is 0 Å². The highest BCUT2D eigenvalue weighted by Gasteiger charge is 2.19. The lowest BCUT2D eigenvalue weighted by atomic mass is 9.86. The minimum atomic E-state index is -0.252. The maximum atomic E-state index is 12.7. The molecule has 0 aliphatic heterocycles. The fourth-order valence-electron chi connectivity index (χ4n) is 2.99. The van der Waals surface area contributed by atoms with E-state index in [-0.39, 0.29) is 11.3 Å². The highest BCUT2D eigenvalue weighted by molar-refractivity contribution is 6.03. The third-order valence-corrected chi connectivity index (χ3v) is 4.57. The molecular formula is C23H26N4O. The Morgan fingerprint density at radius 2 is 1.71 bits per heavy atom. The van der Waals surface area contributed by atoms with Crippen LogP contribution >= 0.6 is 0 Å². The second-order valence-electron chi connectivity index (χ2n) is 7.80. The van der Waals surface area contributed by atoms with Gasteiger partial charge in [0.25, 0.3) is 5.91 Å². The number of nitrogens with zero attached hydrogens (tertiary/aromatic N) is 2. The molecule has 0 fully saturated rings. The summed E-state index contributed by atoms with van der Waals surface area (Å²) in [5.74, 6) is 0.179. The van der Waals surface area contributed by atoms with Crippen molar-refractivity contribution in [1.29, 1.82) is 0 Å². The number of nitrogens with one attached hydrogen (secondary N) is 2. The normalized spacial score (nSPS) is 11.1. The Labute approximate surface area is 166 Å². The van der Waals surface area contributed by atoms with Crippen molar-refractivity contribution in [3.05, 3.63) is 83.2 Å². The summed E-state index contributed by atoms with van der Waals surface area (Å²) in [4.78, 5) is 21.3. The van der Waals surface area contributed by atoms with Crippen LogP contribution in [-0.4, -0.2) is 15.9 Å². The Bertz CT molecular complexity index is 976. The van der Waals surface area contributed by atoms with Crippen LogP contribution in [0.5, 0.6) is 0 Å². The van der Waals surface area contributed by atoms with E-state index in [0.717, 1.165) is 11.3 Å². The largest absolute Gasteiger partial charge is 0.350 e. The predicted molar refractivity (Wildman–Crippen MR) is 114 cm³/mol. The molecule has 0 saturated heterocycles. The maximum absolute atomic E-state index is 12.7. The van der Waals surface area contributed by atoms with Crippen molar-refractivity contribution < 1.29 is 4.79 Å². The summed E-state index contributed by atoms with van der Waals surface area (Å²) in [5, 5.41) is 6.18. The number of carbonyl (C=O) groups excluding carboxylic acids is 1.